The number of anilines is 3. The van der Waals surface area contributed by atoms with Crippen molar-refractivity contribution in [2.24, 2.45) is 0 Å². The second-order valence-corrected chi connectivity index (χ2v) is 16.7. The topological polar surface area (TPSA) is 8.17 Å². The third-order valence-corrected chi connectivity index (χ3v) is 13.4. The molecule has 0 unspecified atom stereocenters. The Kier molecular flexibility index (Phi) is 8.39. The van der Waals surface area contributed by atoms with Gasteiger partial charge in [0, 0.05) is 43.1 Å². The fraction of sp³-hybridized carbons (Fsp3) is 0. The predicted molar refractivity (Wildman–Crippen MR) is 262 cm³/mol. The van der Waals surface area contributed by atoms with Gasteiger partial charge < -0.3 is 9.47 Å². The molecule has 2 heterocycles. The Labute approximate surface area is 358 Å². The summed E-state index contributed by atoms with van der Waals surface area (Å²) in [7, 11) is 0. The minimum atomic E-state index is 1.09. The first-order valence-corrected chi connectivity index (χ1v) is 21.7. The van der Waals surface area contributed by atoms with E-state index in [0.29, 0.717) is 0 Å². The van der Waals surface area contributed by atoms with Gasteiger partial charge in [-0.2, -0.15) is 0 Å². The van der Waals surface area contributed by atoms with Gasteiger partial charge in [-0.15, -0.1) is 11.3 Å². The van der Waals surface area contributed by atoms with E-state index in [2.05, 4.69) is 240 Å². The van der Waals surface area contributed by atoms with Crippen LogP contribution in [0.25, 0.3) is 91.8 Å². The molecule has 0 N–H and O–H groups in total. The smallest absolute Gasteiger partial charge is 0.0640 e. The van der Waals surface area contributed by atoms with Crippen molar-refractivity contribution in [2.75, 3.05) is 4.90 Å². The van der Waals surface area contributed by atoms with E-state index >= 15 is 0 Å². The summed E-state index contributed by atoms with van der Waals surface area (Å²) < 4.78 is 4.97. The largest absolute Gasteiger partial charge is 0.309 e. The van der Waals surface area contributed by atoms with Gasteiger partial charge in [0.05, 0.1) is 32.8 Å². The molecule has 10 aromatic carbocycles. The maximum atomic E-state index is 2.50. The Hall–Kier alpha value is -7.72. The SMILES string of the molecule is c1ccc(-c2ccc(-c3cccc4ccccc34)cc2N(c2ccc(-c3ccccc3-n3c4ccccc4c4ccccc43)cc2)c2cccc3c2sc2ccccc23)cc1. The van der Waals surface area contributed by atoms with E-state index in [9.17, 15) is 0 Å². The molecule has 0 spiro atoms. The van der Waals surface area contributed by atoms with Crippen molar-refractivity contribution in [2.45, 2.75) is 0 Å². The fourth-order valence-corrected chi connectivity index (χ4v) is 10.6. The lowest BCUT2D eigenvalue weighted by Gasteiger charge is -2.29. The maximum Gasteiger partial charge on any atom is 0.0640 e. The number of benzene rings is 10. The molecular formula is C58H38N2S. The second kappa shape index (κ2) is 14.5. The molecule has 0 saturated heterocycles. The maximum absolute atomic E-state index is 2.50. The van der Waals surface area contributed by atoms with Gasteiger partial charge in [-0.25, -0.2) is 0 Å². The van der Waals surface area contributed by atoms with Crippen molar-refractivity contribution in [1.82, 2.24) is 4.57 Å². The highest BCUT2D eigenvalue weighted by atomic mass is 32.1. The van der Waals surface area contributed by atoms with Crippen molar-refractivity contribution in [3.05, 3.63) is 231 Å². The van der Waals surface area contributed by atoms with Crippen molar-refractivity contribution in [3.8, 4) is 39.1 Å². The number of hydrogen-bond acceptors (Lipinski definition) is 2. The van der Waals surface area contributed by atoms with Gasteiger partial charge in [0.1, 0.15) is 0 Å². The summed E-state index contributed by atoms with van der Waals surface area (Å²) in [6, 6.07) is 84.3. The zero-order valence-electron chi connectivity index (χ0n) is 33.2. The van der Waals surface area contributed by atoms with Crippen LogP contribution >= 0.6 is 11.3 Å². The lowest BCUT2D eigenvalue weighted by Crippen LogP contribution is -2.11. The van der Waals surface area contributed by atoms with E-state index in [-0.39, 0.29) is 0 Å². The first kappa shape index (κ1) is 35.2. The molecule has 12 aromatic rings. The molecule has 286 valence electrons. The van der Waals surface area contributed by atoms with Crippen LogP contribution in [-0.2, 0) is 0 Å². The number of hydrogen-bond donors (Lipinski definition) is 0. The number of aromatic nitrogens is 1. The zero-order valence-corrected chi connectivity index (χ0v) is 34.1. The number of thiophene rings is 1. The molecule has 0 amide bonds. The van der Waals surface area contributed by atoms with Crippen molar-refractivity contribution < 1.29 is 0 Å². The lowest BCUT2D eigenvalue weighted by atomic mass is 9.94. The van der Waals surface area contributed by atoms with Crippen molar-refractivity contribution >= 4 is 81.1 Å². The van der Waals surface area contributed by atoms with E-state index in [1.807, 2.05) is 11.3 Å². The highest BCUT2D eigenvalue weighted by Crippen LogP contribution is 2.49. The number of fused-ring (bicyclic) bond motifs is 7. The monoisotopic (exact) mass is 794 g/mol. The van der Waals surface area contributed by atoms with Gasteiger partial charge in [-0.05, 0) is 81.6 Å². The third kappa shape index (κ3) is 5.85. The first-order valence-electron chi connectivity index (χ1n) is 20.8. The molecule has 0 aliphatic carbocycles. The molecule has 0 atom stereocenters. The van der Waals surface area contributed by atoms with Crippen molar-refractivity contribution in [3.63, 3.8) is 0 Å². The van der Waals surface area contributed by atoms with Gasteiger partial charge in [0.2, 0.25) is 0 Å². The lowest BCUT2D eigenvalue weighted by molar-refractivity contribution is 1.18. The summed E-state index contributed by atoms with van der Waals surface area (Å²) in [5, 5.41) is 7.55. The Balaban J connectivity index is 1.09. The Morgan fingerprint density at radius 2 is 0.918 bits per heavy atom. The quantitative estimate of drug-likeness (QED) is 0.156. The molecule has 12 rings (SSSR count). The van der Waals surface area contributed by atoms with Crippen LogP contribution in [0.5, 0.6) is 0 Å². The molecule has 0 radical (unpaired) electrons. The summed E-state index contributed by atoms with van der Waals surface area (Å²) in [4.78, 5) is 2.50. The normalized spacial score (nSPS) is 11.6. The van der Waals surface area contributed by atoms with Crippen molar-refractivity contribution in [1.29, 1.82) is 0 Å². The molecule has 0 bridgehead atoms. The number of para-hydroxylation sites is 3. The molecule has 0 saturated carbocycles. The van der Waals surface area contributed by atoms with Gasteiger partial charge in [0.15, 0.2) is 0 Å². The van der Waals surface area contributed by atoms with Crippen LogP contribution in [0.2, 0.25) is 0 Å². The van der Waals surface area contributed by atoms with Gasteiger partial charge in [0.25, 0.3) is 0 Å². The highest BCUT2D eigenvalue weighted by Gasteiger charge is 2.23. The summed E-state index contributed by atoms with van der Waals surface area (Å²) in [5.41, 5.74) is 14.0. The second-order valence-electron chi connectivity index (χ2n) is 15.6. The predicted octanol–water partition coefficient (Wildman–Crippen LogP) is 16.8. The van der Waals surface area contributed by atoms with E-state index in [4.69, 9.17) is 0 Å². The summed E-state index contributed by atoms with van der Waals surface area (Å²) in [5.74, 6) is 0. The molecule has 3 heteroatoms. The first-order chi connectivity index (χ1) is 30.3. The molecule has 2 aromatic heterocycles. The summed E-state index contributed by atoms with van der Waals surface area (Å²) in [6.45, 7) is 0. The average Bonchev–Trinajstić information content (AvgIpc) is 3.88. The van der Waals surface area contributed by atoms with Gasteiger partial charge in [-0.1, -0.05) is 182 Å². The van der Waals surface area contributed by atoms with Crippen LogP contribution < -0.4 is 4.90 Å². The Bertz CT molecular complexity index is 3540. The van der Waals surface area contributed by atoms with Crippen LogP contribution in [-0.4, -0.2) is 4.57 Å². The van der Waals surface area contributed by atoms with E-state index in [1.165, 1.54) is 80.6 Å². The standard InChI is InChI=1S/C58H38N2S/c1-2-16-40(17-3-1)47-37-34-42(45-25-14-19-39-18-4-5-20-44(39)45)38-56(47)59(55-30-15-26-51-50-24-9-13-31-57(50)61-58(51)55)43-35-32-41(33-36-43)46-21-6-10-27-52(46)60-53-28-11-7-22-48(53)49-23-8-12-29-54(49)60/h1-38H. The number of rotatable bonds is 7. The van der Waals surface area contributed by atoms with E-state index in [1.54, 1.807) is 0 Å². The summed E-state index contributed by atoms with van der Waals surface area (Å²) in [6.07, 6.45) is 0. The third-order valence-electron chi connectivity index (χ3n) is 12.2. The highest BCUT2D eigenvalue weighted by molar-refractivity contribution is 7.26. The van der Waals surface area contributed by atoms with Gasteiger partial charge in [-0.3, -0.25) is 0 Å². The minimum Gasteiger partial charge on any atom is -0.309 e. The molecule has 0 aliphatic heterocycles. The van der Waals surface area contributed by atoms with Crippen LogP contribution in [0.1, 0.15) is 0 Å². The average molecular weight is 795 g/mol. The molecule has 0 aliphatic rings. The Morgan fingerprint density at radius 1 is 0.344 bits per heavy atom. The van der Waals surface area contributed by atoms with Crippen LogP contribution in [0.3, 0.4) is 0 Å². The molecular weight excluding hydrogens is 757 g/mol. The summed E-state index contributed by atoms with van der Waals surface area (Å²) >= 11 is 1.87. The molecule has 0 fully saturated rings. The van der Waals surface area contributed by atoms with Crippen LogP contribution in [0, 0.1) is 0 Å². The van der Waals surface area contributed by atoms with Crippen LogP contribution in [0.4, 0.5) is 17.1 Å². The van der Waals surface area contributed by atoms with Crippen LogP contribution in [0.15, 0.2) is 231 Å². The Morgan fingerprint density at radius 3 is 1.72 bits per heavy atom. The van der Waals surface area contributed by atoms with E-state index in [0.717, 1.165) is 28.3 Å². The van der Waals surface area contributed by atoms with E-state index < -0.39 is 0 Å². The number of nitrogens with zero attached hydrogens (tertiary/aromatic N) is 2. The molecule has 61 heavy (non-hydrogen) atoms. The zero-order chi connectivity index (χ0) is 40.3. The fourth-order valence-electron chi connectivity index (χ4n) is 9.42. The molecule has 2 nitrogen and oxygen atoms in total. The van der Waals surface area contributed by atoms with Gasteiger partial charge >= 0.3 is 0 Å². The minimum absolute atomic E-state index is 1.09.